The first kappa shape index (κ1) is 56.4. The lowest BCUT2D eigenvalue weighted by Crippen LogP contribution is -2.59. The molecule has 0 unspecified atom stereocenters. The van der Waals surface area contributed by atoms with Crippen LogP contribution in [0.4, 0.5) is 16.2 Å². The van der Waals surface area contributed by atoms with Crippen molar-refractivity contribution in [3.63, 3.8) is 0 Å². The van der Waals surface area contributed by atoms with Gasteiger partial charge in [0.25, 0.3) is 0 Å². The van der Waals surface area contributed by atoms with Crippen molar-refractivity contribution in [2.75, 3.05) is 30.3 Å². The standard InChI is InChI=1S/C54H70N10O9/c1-37(2)50(53(72)64-31-15-19-43(64)36-65)62-52(71)46(33-49(68)69)60-51(70)45(59-48(67)32-39-23-25-40(26-24-39)58-54(73)61-44-20-7-6-16-38(44)3)21-10-13-29-57-47(66)22-5-4-14-30-63(34-41-17-8-11-27-55-41)35-42-18-9-12-28-56-42/h6-9,11-12,16-18,20,23-28,36-37,43,45-46,50H,4-5,10,13-15,19,21-22,29-35H2,1-3H3,(H,57,66)(H,59,67)(H,60,70)(H,62,71)(H,68,69)(H2,58,61,73)/t43-,45-,46-,50-/m0/s1. The number of likely N-dealkylation sites (tertiary alicyclic amines) is 1. The van der Waals surface area contributed by atoms with E-state index in [0.29, 0.717) is 87.9 Å². The van der Waals surface area contributed by atoms with Crippen molar-refractivity contribution in [1.29, 1.82) is 0 Å². The highest BCUT2D eigenvalue weighted by atomic mass is 16.4. The smallest absolute Gasteiger partial charge is 0.323 e. The Hall–Kier alpha value is -7.54. The van der Waals surface area contributed by atoms with Crippen LogP contribution in [0.5, 0.6) is 0 Å². The molecule has 390 valence electrons. The van der Waals surface area contributed by atoms with Gasteiger partial charge in [-0.3, -0.25) is 43.6 Å². The largest absolute Gasteiger partial charge is 0.481 e. The fourth-order valence-corrected chi connectivity index (χ4v) is 8.46. The zero-order valence-corrected chi connectivity index (χ0v) is 42.0. The number of aliphatic carboxylic acids is 1. The molecule has 19 heteroatoms. The zero-order chi connectivity index (χ0) is 52.5. The molecule has 7 amide bonds. The van der Waals surface area contributed by atoms with E-state index in [-0.39, 0.29) is 18.7 Å². The van der Waals surface area contributed by atoms with Gasteiger partial charge in [-0.15, -0.1) is 0 Å². The molecule has 0 radical (unpaired) electrons. The Balaban J connectivity index is 1.15. The molecule has 0 aliphatic carbocycles. The quantitative estimate of drug-likeness (QED) is 0.0270. The lowest BCUT2D eigenvalue weighted by atomic mass is 10.0. The van der Waals surface area contributed by atoms with E-state index in [1.54, 1.807) is 56.6 Å². The summed E-state index contributed by atoms with van der Waals surface area (Å²) in [4.78, 5) is 117. The highest BCUT2D eigenvalue weighted by Gasteiger charge is 2.37. The molecule has 4 atom stereocenters. The summed E-state index contributed by atoms with van der Waals surface area (Å²) in [7, 11) is 0. The predicted molar refractivity (Wildman–Crippen MR) is 276 cm³/mol. The lowest BCUT2D eigenvalue weighted by molar-refractivity contribution is -0.143. The Morgan fingerprint density at radius 2 is 1.42 bits per heavy atom. The van der Waals surface area contributed by atoms with Crippen molar-refractivity contribution >= 4 is 59.2 Å². The number of amides is 7. The van der Waals surface area contributed by atoms with Crippen molar-refractivity contribution in [3.05, 3.63) is 120 Å². The maximum Gasteiger partial charge on any atom is 0.323 e. The molecule has 5 rings (SSSR count). The average Bonchev–Trinajstić information content (AvgIpc) is 3.85. The van der Waals surface area contributed by atoms with Gasteiger partial charge in [-0.05, 0) is 118 Å². The third-order valence-electron chi connectivity index (χ3n) is 12.4. The molecular formula is C54H70N10O9. The summed E-state index contributed by atoms with van der Waals surface area (Å²) >= 11 is 0. The molecule has 2 aromatic carbocycles. The lowest BCUT2D eigenvalue weighted by Gasteiger charge is -2.30. The molecule has 7 N–H and O–H groups in total. The van der Waals surface area contributed by atoms with Gasteiger partial charge in [-0.2, -0.15) is 0 Å². The fraction of sp³-hybridized carbons (Fsp3) is 0.444. The Morgan fingerprint density at radius 3 is 2.05 bits per heavy atom. The first-order valence-corrected chi connectivity index (χ1v) is 25.1. The van der Waals surface area contributed by atoms with Crippen molar-refractivity contribution in [3.8, 4) is 0 Å². The van der Waals surface area contributed by atoms with E-state index in [1.165, 1.54) is 4.90 Å². The van der Waals surface area contributed by atoms with Crippen molar-refractivity contribution < 1.29 is 43.5 Å². The van der Waals surface area contributed by atoms with Gasteiger partial charge in [0, 0.05) is 56.4 Å². The highest BCUT2D eigenvalue weighted by molar-refractivity contribution is 6.00. The maximum absolute atomic E-state index is 14.0. The summed E-state index contributed by atoms with van der Waals surface area (Å²) < 4.78 is 0. The molecule has 2 aromatic heterocycles. The molecule has 0 saturated carbocycles. The molecule has 73 heavy (non-hydrogen) atoms. The van der Waals surface area contributed by atoms with Gasteiger partial charge >= 0.3 is 12.0 Å². The number of unbranched alkanes of at least 4 members (excludes halogenated alkanes) is 3. The van der Waals surface area contributed by atoms with Gasteiger partial charge in [-0.1, -0.05) is 62.7 Å². The number of aryl methyl sites for hydroxylation is 1. The van der Waals surface area contributed by atoms with E-state index < -0.39 is 72.1 Å². The molecule has 0 bridgehead atoms. The number of carboxylic acid groups (broad SMARTS) is 1. The zero-order valence-electron chi connectivity index (χ0n) is 42.0. The van der Waals surface area contributed by atoms with Gasteiger partial charge in [0.1, 0.15) is 24.4 Å². The van der Waals surface area contributed by atoms with E-state index in [4.69, 9.17) is 0 Å². The normalized spacial score (nSPS) is 14.4. The topological polar surface area (TPSA) is 261 Å². The number of carbonyl (C=O) groups is 8. The number of para-hydroxylation sites is 1. The number of nitrogens with one attached hydrogen (secondary N) is 6. The summed E-state index contributed by atoms with van der Waals surface area (Å²) in [6.07, 6.45) is 8.02. The number of rotatable bonds is 29. The van der Waals surface area contributed by atoms with E-state index >= 15 is 0 Å². The van der Waals surface area contributed by atoms with E-state index in [0.717, 1.165) is 36.3 Å². The number of anilines is 2. The van der Waals surface area contributed by atoms with Gasteiger partial charge in [0.2, 0.25) is 29.5 Å². The van der Waals surface area contributed by atoms with Crippen LogP contribution >= 0.6 is 0 Å². The van der Waals surface area contributed by atoms with E-state index in [9.17, 15) is 43.5 Å². The van der Waals surface area contributed by atoms with E-state index in [1.807, 2.05) is 61.5 Å². The van der Waals surface area contributed by atoms with Crippen molar-refractivity contribution in [2.24, 2.45) is 5.92 Å². The first-order chi connectivity index (χ1) is 35.2. The summed E-state index contributed by atoms with van der Waals surface area (Å²) in [5.74, 6) is -4.69. The molecule has 4 aromatic rings. The SMILES string of the molecule is Cc1ccccc1NC(=O)Nc1ccc(CC(=O)N[C@@H](CCCCNC(=O)CCCCCN(Cc2ccccn2)Cc2ccccn2)C(=O)N[C@@H](CC(=O)O)C(=O)N[C@H](C(=O)N2CCC[C@H]2C=O)C(C)C)cc1. The fourth-order valence-electron chi connectivity index (χ4n) is 8.46. The van der Waals surface area contributed by atoms with Crippen LogP contribution in [0.15, 0.2) is 97.3 Å². The third-order valence-corrected chi connectivity index (χ3v) is 12.4. The summed E-state index contributed by atoms with van der Waals surface area (Å²) in [5.41, 5.74) is 4.52. The van der Waals surface area contributed by atoms with Crippen LogP contribution in [-0.4, -0.2) is 116 Å². The number of benzene rings is 2. The predicted octanol–water partition coefficient (Wildman–Crippen LogP) is 5.30. The number of hydrogen-bond donors (Lipinski definition) is 7. The highest BCUT2D eigenvalue weighted by Crippen LogP contribution is 2.20. The second kappa shape index (κ2) is 29.7. The van der Waals surface area contributed by atoms with Gasteiger partial charge in [0.15, 0.2) is 0 Å². The second-order valence-electron chi connectivity index (χ2n) is 18.7. The van der Waals surface area contributed by atoms with Crippen LogP contribution in [-0.2, 0) is 53.1 Å². The Morgan fingerprint density at radius 1 is 0.753 bits per heavy atom. The van der Waals surface area contributed by atoms with Crippen LogP contribution in [0, 0.1) is 12.8 Å². The summed E-state index contributed by atoms with van der Waals surface area (Å²) in [6, 6.07) is 20.6. The minimum Gasteiger partial charge on any atom is -0.481 e. The third kappa shape index (κ3) is 19.5. The van der Waals surface area contributed by atoms with Gasteiger partial charge in [-0.25, -0.2) is 4.79 Å². The summed E-state index contributed by atoms with van der Waals surface area (Å²) in [6.45, 7) is 8.08. The number of nitrogens with zero attached hydrogens (tertiary/aromatic N) is 4. The maximum atomic E-state index is 14.0. The molecule has 1 saturated heterocycles. The number of urea groups is 1. The molecule has 1 aliphatic rings. The Kier molecular flexibility index (Phi) is 23.0. The second-order valence-corrected chi connectivity index (χ2v) is 18.7. The van der Waals surface area contributed by atoms with Crippen LogP contribution < -0.4 is 31.9 Å². The molecule has 1 aliphatic heterocycles. The number of aromatic nitrogens is 2. The van der Waals surface area contributed by atoms with Crippen LogP contribution in [0.3, 0.4) is 0 Å². The van der Waals surface area contributed by atoms with Crippen molar-refractivity contribution in [1.82, 2.24) is 41.0 Å². The monoisotopic (exact) mass is 1000 g/mol. The Labute approximate surface area is 427 Å². The molecule has 1 fully saturated rings. The summed E-state index contributed by atoms with van der Waals surface area (Å²) in [5, 5.41) is 26.1. The Bertz CT molecular complexity index is 2400. The van der Waals surface area contributed by atoms with E-state index in [2.05, 4.69) is 46.8 Å². The number of carbonyl (C=O) groups excluding carboxylic acids is 7. The molecule has 0 spiro atoms. The minimum atomic E-state index is -1.62. The number of carboxylic acids is 1. The molecule has 3 heterocycles. The van der Waals surface area contributed by atoms with Crippen LogP contribution in [0.25, 0.3) is 0 Å². The number of aldehydes is 1. The average molecular weight is 1000 g/mol. The minimum absolute atomic E-state index is 0.0797. The molecular weight excluding hydrogens is 933 g/mol. The van der Waals surface area contributed by atoms with Crippen LogP contribution in [0.1, 0.15) is 101 Å². The number of pyridine rings is 2. The molecule has 19 nitrogen and oxygen atoms in total. The van der Waals surface area contributed by atoms with Gasteiger partial charge in [0.05, 0.1) is 30.3 Å². The number of hydrogen-bond acceptors (Lipinski definition) is 11. The van der Waals surface area contributed by atoms with Crippen molar-refractivity contribution in [2.45, 2.75) is 129 Å². The van der Waals surface area contributed by atoms with Crippen LogP contribution in [0.2, 0.25) is 0 Å². The first-order valence-electron chi connectivity index (χ1n) is 25.1. The van der Waals surface area contributed by atoms with Gasteiger partial charge < -0.3 is 46.7 Å².